The predicted octanol–water partition coefficient (Wildman–Crippen LogP) is 1.83. The van der Waals surface area contributed by atoms with Crippen molar-refractivity contribution < 1.29 is 4.79 Å². The van der Waals surface area contributed by atoms with Gasteiger partial charge >= 0.3 is 0 Å². The second kappa shape index (κ2) is 5.80. The molecule has 0 spiro atoms. The Balaban J connectivity index is 1.96. The van der Waals surface area contributed by atoms with Gasteiger partial charge in [-0.05, 0) is 26.2 Å². The lowest BCUT2D eigenvalue weighted by atomic mass is 10.1. The largest absolute Gasteiger partial charge is 0.346 e. The molecule has 1 heterocycles. The molecule has 1 aliphatic carbocycles. The van der Waals surface area contributed by atoms with Crippen LogP contribution in [0.5, 0.6) is 0 Å². The van der Waals surface area contributed by atoms with Gasteiger partial charge in [0.1, 0.15) is 12.2 Å². The maximum Gasteiger partial charge on any atom is 0.224 e. The van der Waals surface area contributed by atoms with Gasteiger partial charge in [0, 0.05) is 12.5 Å². The van der Waals surface area contributed by atoms with E-state index in [2.05, 4.69) is 34.5 Å². The summed E-state index contributed by atoms with van der Waals surface area (Å²) in [7, 11) is 0. The number of amides is 1. The van der Waals surface area contributed by atoms with E-state index in [1.54, 1.807) is 6.33 Å². The molecule has 98 valence electrons. The molecule has 5 nitrogen and oxygen atoms in total. The van der Waals surface area contributed by atoms with Gasteiger partial charge in [0.2, 0.25) is 5.91 Å². The first-order chi connectivity index (χ1) is 8.72. The Bertz CT molecular complexity index is 430. The monoisotopic (exact) mass is 248 g/mol. The first-order valence-corrected chi connectivity index (χ1v) is 6.55. The Morgan fingerprint density at radius 1 is 1.56 bits per heavy atom. The van der Waals surface area contributed by atoms with Crippen molar-refractivity contribution in [1.82, 2.24) is 20.1 Å². The van der Waals surface area contributed by atoms with Crippen molar-refractivity contribution in [3.63, 3.8) is 0 Å². The molecule has 5 heteroatoms. The number of nitrogens with one attached hydrogen (secondary N) is 1. The number of carbonyl (C=O) groups excluding carboxylic acids is 1. The van der Waals surface area contributed by atoms with E-state index < -0.39 is 0 Å². The average molecular weight is 248 g/mol. The van der Waals surface area contributed by atoms with Crippen molar-refractivity contribution >= 4 is 5.91 Å². The number of nitrogens with zero attached hydrogens (tertiary/aromatic N) is 3. The van der Waals surface area contributed by atoms with Gasteiger partial charge in [-0.2, -0.15) is 5.10 Å². The summed E-state index contributed by atoms with van der Waals surface area (Å²) in [6.45, 7) is 4.88. The van der Waals surface area contributed by atoms with E-state index in [0.29, 0.717) is 0 Å². The molecule has 1 amide bonds. The Labute approximate surface area is 107 Å². The number of hydrogen-bond donors (Lipinski definition) is 1. The molecule has 1 atom stereocenters. The zero-order valence-electron chi connectivity index (χ0n) is 11.0. The highest BCUT2D eigenvalue weighted by atomic mass is 16.1. The number of carbonyl (C=O) groups is 1. The lowest BCUT2D eigenvalue weighted by Gasteiger charge is -2.17. The molecule has 0 saturated carbocycles. The molecule has 0 radical (unpaired) electrons. The van der Waals surface area contributed by atoms with Gasteiger partial charge in [0.05, 0.1) is 6.04 Å². The van der Waals surface area contributed by atoms with Gasteiger partial charge < -0.3 is 5.32 Å². The molecule has 0 unspecified atom stereocenters. The van der Waals surface area contributed by atoms with Crippen LogP contribution in [0.1, 0.15) is 45.0 Å². The van der Waals surface area contributed by atoms with Gasteiger partial charge in [0.25, 0.3) is 0 Å². The van der Waals surface area contributed by atoms with Crippen LogP contribution in [0.4, 0.5) is 0 Å². The molecular weight excluding hydrogens is 228 g/mol. The van der Waals surface area contributed by atoms with E-state index in [9.17, 15) is 4.79 Å². The van der Waals surface area contributed by atoms with E-state index in [1.165, 1.54) is 0 Å². The summed E-state index contributed by atoms with van der Waals surface area (Å²) in [5, 5.41) is 7.19. The number of aromatic nitrogens is 3. The minimum atomic E-state index is -0.0906. The van der Waals surface area contributed by atoms with E-state index in [1.807, 2.05) is 11.6 Å². The van der Waals surface area contributed by atoms with E-state index in [0.717, 1.165) is 31.6 Å². The minimum absolute atomic E-state index is 0.0906. The van der Waals surface area contributed by atoms with Crippen molar-refractivity contribution in [3.8, 4) is 0 Å². The second-order valence-electron chi connectivity index (χ2n) is 4.71. The third-order valence-electron chi connectivity index (χ3n) is 3.21. The van der Waals surface area contributed by atoms with Gasteiger partial charge in [-0.25, -0.2) is 9.67 Å². The second-order valence-corrected chi connectivity index (χ2v) is 4.71. The Morgan fingerprint density at radius 3 is 2.94 bits per heavy atom. The van der Waals surface area contributed by atoms with Crippen LogP contribution in [0, 0.1) is 5.92 Å². The standard InChI is InChI=1S/C13H20N4O/c1-3-8-17-12(14-9-15-17)10(2)16-13(18)11-6-4-5-7-11/h4-5,9-11H,3,6-8H2,1-2H3,(H,16,18)/t10-/m0/s1. The molecule has 0 aromatic carbocycles. The van der Waals surface area contributed by atoms with Crippen molar-refractivity contribution in [3.05, 3.63) is 24.3 Å². The Morgan fingerprint density at radius 2 is 2.28 bits per heavy atom. The van der Waals surface area contributed by atoms with Crippen LogP contribution in [0.25, 0.3) is 0 Å². The van der Waals surface area contributed by atoms with Crippen molar-refractivity contribution in [1.29, 1.82) is 0 Å². The number of hydrogen-bond acceptors (Lipinski definition) is 3. The Hall–Kier alpha value is -1.65. The van der Waals surface area contributed by atoms with Crippen LogP contribution in [-0.4, -0.2) is 20.7 Å². The lowest BCUT2D eigenvalue weighted by molar-refractivity contribution is -0.125. The maximum atomic E-state index is 12.0. The number of allylic oxidation sites excluding steroid dienone is 2. The topological polar surface area (TPSA) is 59.8 Å². The fourth-order valence-electron chi connectivity index (χ4n) is 2.22. The maximum absolute atomic E-state index is 12.0. The third kappa shape index (κ3) is 2.78. The first kappa shape index (κ1) is 12.8. The molecule has 0 bridgehead atoms. The molecule has 0 aliphatic heterocycles. The third-order valence-corrected chi connectivity index (χ3v) is 3.21. The molecule has 1 N–H and O–H groups in total. The van der Waals surface area contributed by atoms with E-state index in [4.69, 9.17) is 0 Å². The quantitative estimate of drug-likeness (QED) is 0.809. The fraction of sp³-hybridized carbons (Fsp3) is 0.615. The van der Waals surface area contributed by atoms with Gasteiger partial charge in [0.15, 0.2) is 0 Å². The van der Waals surface area contributed by atoms with E-state index >= 15 is 0 Å². The lowest BCUT2D eigenvalue weighted by Crippen LogP contribution is -2.33. The van der Waals surface area contributed by atoms with E-state index in [-0.39, 0.29) is 17.9 Å². The van der Waals surface area contributed by atoms with Crippen LogP contribution in [0.2, 0.25) is 0 Å². The van der Waals surface area contributed by atoms with Gasteiger partial charge in [-0.3, -0.25) is 4.79 Å². The SMILES string of the molecule is CCCn1ncnc1[C@H](C)NC(=O)C1CC=CC1. The van der Waals surface area contributed by atoms with Crippen LogP contribution >= 0.6 is 0 Å². The van der Waals surface area contributed by atoms with Gasteiger partial charge in [-0.15, -0.1) is 0 Å². The highest BCUT2D eigenvalue weighted by Gasteiger charge is 2.22. The summed E-state index contributed by atoms with van der Waals surface area (Å²) in [6.07, 6.45) is 8.37. The molecule has 1 aromatic heterocycles. The van der Waals surface area contributed by atoms with Crippen molar-refractivity contribution in [2.24, 2.45) is 5.92 Å². The summed E-state index contributed by atoms with van der Waals surface area (Å²) < 4.78 is 1.86. The summed E-state index contributed by atoms with van der Waals surface area (Å²) in [4.78, 5) is 16.2. The number of aryl methyl sites for hydroxylation is 1. The summed E-state index contributed by atoms with van der Waals surface area (Å²) in [6, 6.07) is -0.0906. The molecule has 0 saturated heterocycles. The minimum Gasteiger partial charge on any atom is -0.346 e. The molecule has 0 fully saturated rings. The molecule has 1 aromatic rings. The average Bonchev–Trinajstić information content (AvgIpc) is 3.00. The zero-order chi connectivity index (χ0) is 13.0. The van der Waals surface area contributed by atoms with Crippen molar-refractivity contribution in [2.45, 2.75) is 45.7 Å². The predicted molar refractivity (Wildman–Crippen MR) is 68.7 cm³/mol. The highest BCUT2D eigenvalue weighted by molar-refractivity contribution is 5.79. The van der Waals surface area contributed by atoms with Crippen LogP contribution in [0.15, 0.2) is 18.5 Å². The zero-order valence-corrected chi connectivity index (χ0v) is 11.0. The van der Waals surface area contributed by atoms with Gasteiger partial charge in [-0.1, -0.05) is 19.1 Å². The van der Waals surface area contributed by atoms with Crippen molar-refractivity contribution in [2.75, 3.05) is 0 Å². The molecular formula is C13H20N4O. The number of rotatable bonds is 5. The van der Waals surface area contributed by atoms with Crippen LogP contribution in [0.3, 0.4) is 0 Å². The highest BCUT2D eigenvalue weighted by Crippen LogP contribution is 2.19. The smallest absolute Gasteiger partial charge is 0.224 e. The molecule has 18 heavy (non-hydrogen) atoms. The first-order valence-electron chi connectivity index (χ1n) is 6.55. The summed E-state index contributed by atoms with van der Waals surface area (Å²) >= 11 is 0. The summed E-state index contributed by atoms with van der Waals surface area (Å²) in [5.74, 6) is 1.03. The molecule has 1 aliphatic rings. The molecule has 2 rings (SSSR count). The Kier molecular flexibility index (Phi) is 4.12. The van der Waals surface area contributed by atoms with Crippen LogP contribution < -0.4 is 5.32 Å². The fourth-order valence-corrected chi connectivity index (χ4v) is 2.22. The normalized spacial score (nSPS) is 17.0. The van der Waals surface area contributed by atoms with Crippen LogP contribution in [-0.2, 0) is 11.3 Å². The summed E-state index contributed by atoms with van der Waals surface area (Å²) in [5.41, 5.74) is 0.